The third kappa shape index (κ3) is 7.75. The number of nitrogens with zero attached hydrogens (tertiary/aromatic N) is 2. The van der Waals surface area contributed by atoms with Crippen molar-refractivity contribution in [2.75, 3.05) is 39.5 Å². The molecular formula is C29H34N4O4. The Hall–Kier alpha value is -3.48. The lowest BCUT2D eigenvalue weighted by molar-refractivity contribution is 0.0342. The molecule has 1 aromatic heterocycles. The summed E-state index contributed by atoms with van der Waals surface area (Å²) in [5.41, 5.74) is 3.94. The van der Waals surface area contributed by atoms with Crippen LogP contribution in [0.3, 0.4) is 0 Å². The number of morpholine rings is 1. The van der Waals surface area contributed by atoms with Gasteiger partial charge in [0.15, 0.2) is 0 Å². The standard InChI is InChI=1S/C29H34N4O4/c1-21(19-34)30-17-26(16-27-28(35)29(36)32-20-31-27)25-10-8-23(9-11-25)3-2-22-4-6-24(7-5-22)18-33-12-14-37-15-13-33/h4-11,20-21,26,30,34-35H,12-19H2,1H3,(H,31,32,36)/t21-,26+/m1/s1. The molecule has 3 aromatic rings. The highest BCUT2D eigenvalue weighted by Gasteiger charge is 2.18. The molecule has 194 valence electrons. The number of aliphatic hydroxyl groups is 1. The zero-order valence-corrected chi connectivity index (χ0v) is 21.1. The summed E-state index contributed by atoms with van der Waals surface area (Å²) in [6, 6.07) is 16.3. The topological polar surface area (TPSA) is 111 Å². The number of rotatable bonds is 9. The molecule has 1 aliphatic heterocycles. The Kier molecular flexibility index (Phi) is 9.46. The molecule has 4 N–H and O–H groups in total. The van der Waals surface area contributed by atoms with E-state index in [1.807, 2.05) is 31.2 Å². The number of ether oxygens (including phenoxy) is 1. The van der Waals surface area contributed by atoms with Gasteiger partial charge in [-0.2, -0.15) is 0 Å². The fraction of sp³-hybridized carbons (Fsp3) is 0.379. The molecule has 0 bridgehead atoms. The van der Waals surface area contributed by atoms with Gasteiger partial charge in [-0.25, -0.2) is 4.98 Å². The second-order valence-electron chi connectivity index (χ2n) is 9.38. The number of hydrogen-bond donors (Lipinski definition) is 4. The van der Waals surface area contributed by atoms with Gasteiger partial charge in [0.2, 0.25) is 5.75 Å². The molecule has 2 atom stereocenters. The Balaban J connectivity index is 1.43. The molecule has 0 saturated carbocycles. The summed E-state index contributed by atoms with van der Waals surface area (Å²) in [4.78, 5) is 20.7. The van der Waals surface area contributed by atoms with Crippen LogP contribution in [-0.4, -0.2) is 70.6 Å². The predicted octanol–water partition coefficient (Wildman–Crippen LogP) is 2.00. The maximum Gasteiger partial charge on any atom is 0.293 e. The van der Waals surface area contributed by atoms with Crippen LogP contribution in [0.5, 0.6) is 5.75 Å². The lowest BCUT2D eigenvalue weighted by atomic mass is 9.92. The molecular weight excluding hydrogens is 468 g/mol. The van der Waals surface area contributed by atoms with E-state index in [0.717, 1.165) is 49.5 Å². The first-order chi connectivity index (χ1) is 18.0. The molecule has 1 fully saturated rings. The SMILES string of the molecule is C[C@H](CO)NC[C@H](Cc1nc[nH]c(=O)c1O)c1ccc(C#Cc2ccc(CN3CCOCC3)cc2)cc1. The number of benzene rings is 2. The van der Waals surface area contributed by atoms with E-state index in [1.54, 1.807) is 0 Å². The number of aromatic amines is 1. The van der Waals surface area contributed by atoms with Crippen molar-refractivity contribution in [3.63, 3.8) is 0 Å². The first-order valence-corrected chi connectivity index (χ1v) is 12.6. The number of aromatic hydroxyl groups is 1. The van der Waals surface area contributed by atoms with E-state index in [-0.39, 0.29) is 24.3 Å². The first-order valence-electron chi connectivity index (χ1n) is 12.6. The first kappa shape index (κ1) is 26.6. The molecule has 1 aliphatic rings. The van der Waals surface area contributed by atoms with Gasteiger partial charge < -0.3 is 25.3 Å². The van der Waals surface area contributed by atoms with E-state index in [4.69, 9.17) is 4.74 Å². The lowest BCUT2D eigenvalue weighted by Crippen LogP contribution is -2.35. The Labute approximate surface area is 217 Å². The monoisotopic (exact) mass is 502 g/mol. The van der Waals surface area contributed by atoms with Crippen molar-refractivity contribution in [1.82, 2.24) is 20.2 Å². The summed E-state index contributed by atoms with van der Waals surface area (Å²) in [6.07, 6.45) is 1.68. The van der Waals surface area contributed by atoms with Gasteiger partial charge in [-0.05, 0) is 42.3 Å². The molecule has 2 heterocycles. The molecule has 0 aliphatic carbocycles. The van der Waals surface area contributed by atoms with E-state index < -0.39 is 5.56 Å². The van der Waals surface area contributed by atoms with E-state index >= 15 is 0 Å². The second-order valence-corrected chi connectivity index (χ2v) is 9.38. The Morgan fingerprint density at radius 2 is 1.73 bits per heavy atom. The minimum Gasteiger partial charge on any atom is -0.502 e. The average molecular weight is 503 g/mol. The highest BCUT2D eigenvalue weighted by Crippen LogP contribution is 2.23. The average Bonchev–Trinajstić information content (AvgIpc) is 2.93. The van der Waals surface area contributed by atoms with Crippen LogP contribution in [0.1, 0.15) is 40.8 Å². The van der Waals surface area contributed by atoms with E-state index in [9.17, 15) is 15.0 Å². The van der Waals surface area contributed by atoms with Crippen LogP contribution in [0.4, 0.5) is 0 Å². The Morgan fingerprint density at radius 1 is 1.08 bits per heavy atom. The minimum atomic E-state index is -0.555. The van der Waals surface area contributed by atoms with Gasteiger partial charge in [-0.1, -0.05) is 36.1 Å². The molecule has 0 amide bonds. The van der Waals surface area contributed by atoms with Crippen molar-refractivity contribution in [3.8, 4) is 17.6 Å². The lowest BCUT2D eigenvalue weighted by Gasteiger charge is -2.26. The van der Waals surface area contributed by atoms with Gasteiger partial charge in [0.25, 0.3) is 5.56 Å². The van der Waals surface area contributed by atoms with E-state index in [0.29, 0.717) is 18.7 Å². The number of nitrogens with one attached hydrogen (secondary N) is 2. The number of aliphatic hydroxyl groups excluding tert-OH is 1. The molecule has 8 heteroatoms. The zero-order chi connectivity index (χ0) is 26.0. The predicted molar refractivity (Wildman–Crippen MR) is 142 cm³/mol. The van der Waals surface area contributed by atoms with Gasteiger partial charge in [0, 0.05) is 55.7 Å². The molecule has 1 saturated heterocycles. The normalized spacial score (nSPS) is 15.5. The number of H-pyrrole nitrogens is 1. The van der Waals surface area contributed by atoms with Crippen molar-refractivity contribution in [3.05, 3.63) is 93.2 Å². The largest absolute Gasteiger partial charge is 0.502 e. The van der Waals surface area contributed by atoms with E-state index in [1.165, 1.54) is 11.9 Å². The third-order valence-corrected chi connectivity index (χ3v) is 6.53. The van der Waals surface area contributed by atoms with Gasteiger partial charge in [-0.3, -0.25) is 9.69 Å². The van der Waals surface area contributed by atoms with Gasteiger partial charge in [0.05, 0.1) is 31.8 Å². The molecule has 0 unspecified atom stereocenters. The summed E-state index contributed by atoms with van der Waals surface area (Å²) < 4.78 is 5.42. The molecule has 2 aromatic carbocycles. The van der Waals surface area contributed by atoms with Gasteiger partial charge in [0.1, 0.15) is 0 Å². The molecule has 37 heavy (non-hydrogen) atoms. The maximum atomic E-state index is 11.8. The fourth-order valence-electron chi connectivity index (χ4n) is 4.22. The van der Waals surface area contributed by atoms with Crippen LogP contribution < -0.4 is 10.9 Å². The van der Waals surface area contributed by atoms with Crippen LogP contribution in [0.2, 0.25) is 0 Å². The Morgan fingerprint density at radius 3 is 2.38 bits per heavy atom. The van der Waals surface area contributed by atoms with Crippen molar-refractivity contribution in [1.29, 1.82) is 0 Å². The fourth-order valence-corrected chi connectivity index (χ4v) is 4.22. The van der Waals surface area contributed by atoms with Crippen molar-refractivity contribution >= 4 is 0 Å². The van der Waals surface area contributed by atoms with Gasteiger partial charge >= 0.3 is 0 Å². The van der Waals surface area contributed by atoms with Crippen LogP contribution in [0, 0.1) is 11.8 Å². The highest BCUT2D eigenvalue weighted by molar-refractivity contribution is 5.44. The summed E-state index contributed by atoms with van der Waals surface area (Å²) in [5.74, 6) is 6.05. The molecule has 4 rings (SSSR count). The summed E-state index contributed by atoms with van der Waals surface area (Å²) in [7, 11) is 0. The summed E-state index contributed by atoms with van der Waals surface area (Å²) >= 11 is 0. The van der Waals surface area contributed by atoms with Crippen LogP contribution in [0.25, 0.3) is 0 Å². The van der Waals surface area contributed by atoms with Crippen LogP contribution in [-0.2, 0) is 17.7 Å². The number of hydrogen-bond acceptors (Lipinski definition) is 7. The third-order valence-electron chi connectivity index (χ3n) is 6.53. The van der Waals surface area contributed by atoms with Crippen molar-refractivity contribution < 1.29 is 14.9 Å². The molecule has 8 nitrogen and oxygen atoms in total. The second kappa shape index (κ2) is 13.2. The van der Waals surface area contributed by atoms with Gasteiger partial charge in [-0.15, -0.1) is 0 Å². The minimum absolute atomic E-state index is 0.0178. The van der Waals surface area contributed by atoms with Crippen LogP contribution in [0.15, 0.2) is 59.7 Å². The van der Waals surface area contributed by atoms with Crippen LogP contribution >= 0.6 is 0 Å². The van der Waals surface area contributed by atoms with Crippen molar-refractivity contribution in [2.45, 2.75) is 31.8 Å². The molecule has 0 radical (unpaired) electrons. The quantitative estimate of drug-likeness (QED) is 0.331. The maximum absolute atomic E-state index is 11.8. The van der Waals surface area contributed by atoms with E-state index in [2.05, 4.69) is 56.3 Å². The zero-order valence-electron chi connectivity index (χ0n) is 21.1. The molecule has 0 spiro atoms. The number of aromatic nitrogens is 2. The highest BCUT2D eigenvalue weighted by atomic mass is 16.5. The van der Waals surface area contributed by atoms with Crippen molar-refractivity contribution in [2.24, 2.45) is 0 Å². The summed E-state index contributed by atoms with van der Waals surface area (Å²) in [5, 5.41) is 22.8. The summed E-state index contributed by atoms with van der Waals surface area (Å²) in [6.45, 7) is 6.93. The smallest absolute Gasteiger partial charge is 0.293 e. The Bertz CT molecular complexity index is 1260.